The molecule has 0 radical (unpaired) electrons. The highest BCUT2D eigenvalue weighted by Crippen LogP contribution is 2.18. The predicted octanol–water partition coefficient (Wildman–Crippen LogP) is 0.756. The predicted molar refractivity (Wildman–Crippen MR) is 75.6 cm³/mol. The summed E-state index contributed by atoms with van der Waals surface area (Å²) in [5.41, 5.74) is 0.738. The minimum absolute atomic E-state index is 0.0506. The zero-order valence-electron chi connectivity index (χ0n) is 11.5. The lowest BCUT2D eigenvalue weighted by molar-refractivity contribution is -0.137. The molecule has 0 aliphatic heterocycles. The van der Waals surface area contributed by atoms with Crippen LogP contribution < -0.4 is 4.72 Å². The Morgan fingerprint density at radius 2 is 1.90 bits per heavy atom. The van der Waals surface area contributed by atoms with Gasteiger partial charge in [-0.25, -0.2) is 4.79 Å². The van der Waals surface area contributed by atoms with Crippen molar-refractivity contribution >= 4 is 27.8 Å². The summed E-state index contributed by atoms with van der Waals surface area (Å²) in [6, 6.07) is 3.98. The summed E-state index contributed by atoms with van der Waals surface area (Å²) in [5, 5.41) is 17.4. The average molecular weight is 316 g/mol. The third-order valence-corrected chi connectivity index (χ3v) is 4.24. The van der Waals surface area contributed by atoms with Crippen LogP contribution in [0.15, 0.2) is 18.2 Å². The van der Waals surface area contributed by atoms with Crippen LogP contribution in [0.1, 0.15) is 22.3 Å². The number of carboxylic acid groups (broad SMARTS) is 2. The fourth-order valence-corrected chi connectivity index (χ4v) is 2.50. The largest absolute Gasteiger partial charge is 0.481 e. The summed E-state index contributed by atoms with van der Waals surface area (Å²) < 4.78 is 27.1. The third-order valence-electron chi connectivity index (χ3n) is 2.76. The van der Waals surface area contributed by atoms with Gasteiger partial charge in [-0.1, -0.05) is 0 Å². The summed E-state index contributed by atoms with van der Waals surface area (Å²) in [7, 11) is -2.64. The number of aliphatic carboxylic acids is 1. The molecule has 0 unspecified atom stereocenters. The van der Waals surface area contributed by atoms with E-state index in [1.54, 1.807) is 6.92 Å². The lowest BCUT2D eigenvalue weighted by Gasteiger charge is -2.18. The number of hydrogen-bond acceptors (Lipinski definition) is 4. The van der Waals surface area contributed by atoms with Gasteiger partial charge in [-0.15, -0.1) is 0 Å². The molecule has 9 heteroatoms. The normalized spacial score (nSPS) is 11.4. The number of anilines is 1. The molecule has 0 aliphatic rings. The molecular weight excluding hydrogens is 300 g/mol. The molecule has 0 saturated heterocycles. The molecule has 1 aromatic rings. The van der Waals surface area contributed by atoms with Gasteiger partial charge in [-0.2, -0.15) is 12.7 Å². The molecule has 0 spiro atoms. The zero-order valence-corrected chi connectivity index (χ0v) is 12.3. The molecule has 116 valence electrons. The quantitative estimate of drug-likeness (QED) is 0.682. The van der Waals surface area contributed by atoms with Crippen molar-refractivity contribution in [3.8, 4) is 0 Å². The number of nitrogens with zero attached hydrogens (tertiary/aromatic N) is 1. The number of hydrogen-bond donors (Lipinski definition) is 3. The van der Waals surface area contributed by atoms with E-state index in [0.29, 0.717) is 5.56 Å². The zero-order chi connectivity index (χ0) is 16.2. The molecule has 0 aliphatic carbocycles. The molecule has 0 saturated carbocycles. The molecule has 8 nitrogen and oxygen atoms in total. The van der Waals surface area contributed by atoms with Crippen LogP contribution in [0, 0.1) is 6.92 Å². The Hall–Kier alpha value is -2.13. The van der Waals surface area contributed by atoms with Crippen molar-refractivity contribution in [2.24, 2.45) is 0 Å². The van der Waals surface area contributed by atoms with Gasteiger partial charge in [0.1, 0.15) is 0 Å². The number of aromatic carboxylic acids is 1. The number of benzene rings is 1. The van der Waals surface area contributed by atoms with Gasteiger partial charge in [0.15, 0.2) is 0 Å². The van der Waals surface area contributed by atoms with Crippen LogP contribution in [-0.4, -0.2) is 48.5 Å². The monoisotopic (exact) mass is 316 g/mol. The number of rotatable bonds is 7. The molecular formula is C12H16N2O6S. The maximum atomic E-state index is 12.0. The Morgan fingerprint density at radius 1 is 1.29 bits per heavy atom. The maximum absolute atomic E-state index is 12.0. The summed E-state index contributed by atoms with van der Waals surface area (Å²) in [5.74, 6) is -2.20. The Labute approximate surface area is 122 Å². The molecule has 0 aromatic heterocycles. The number of carboxylic acids is 2. The van der Waals surface area contributed by atoms with E-state index in [1.165, 1.54) is 25.2 Å². The highest BCUT2D eigenvalue weighted by atomic mass is 32.2. The van der Waals surface area contributed by atoms with E-state index in [-0.39, 0.29) is 24.2 Å². The van der Waals surface area contributed by atoms with Crippen molar-refractivity contribution in [1.29, 1.82) is 0 Å². The van der Waals surface area contributed by atoms with Gasteiger partial charge in [0.2, 0.25) is 0 Å². The van der Waals surface area contributed by atoms with Gasteiger partial charge in [0.25, 0.3) is 0 Å². The van der Waals surface area contributed by atoms with Crippen molar-refractivity contribution in [3.63, 3.8) is 0 Å². The van der Waals surface area contributed by atoms with Gasteiger partial charge >= 0.3 is 22.1 Å². The number of aryl methyl sites for hydroxylation is 1. The smallest absolute Gasteiger partial charge is 0.335 e. The van der Waals surface area contributed by atoms with E-state index in [9.17, 15) is 18.0 Å². The summed E-state index contributed by atoms with van der Waals surface area (Å²) in [6.07, 6.45) is -0.311. The molecule has 0 atom stereocenters. The average Bonchev–Trinajstić information content (AvgIpc) is 2.37. The first-order valence-electron chi connectivity index (χ1n) is 5.93. The molecule has 21 heavy (non-hydrogen) atoms. The maximum Gasteiger partial charge on any atom is 0.335 e. The molecule has 0 amide bonds. The minimum atomic E-state index is -3.89. The number of nitrogens with one attached hydrogen (secondary N) is 1. The first-order chi connectivity index (χ1) is 9.63. The summed E-state index contributed by atoms with van der Waals surface area (Å²) >= 11 is 0. The lowest BCUT2D eigenvalue weighted by atomic mass is 10.1. The van der Waals surface area contributed by atoms with Gasteiger partial charge in [0, 0.05) is 13.6 Å². The first kappa shape index (κ1) is 16.9. The van der Waals surface area contributed by atoms with E-state index in [2.05, 4.69) is 4.72 Å². The standard InChI is InChI=1S/C12H16N2O6S/c1-8-7-9(12(17)18)3-4-10(8)13-21(19,20)14(2)6-5-11(15)16/h3-4,7,13H,5-6H2,1-2H3,(H,15,16)(H,17,18). The third kappa shape index (κ3) is 4.72. The highest BCUT2D eigenvalue weighted by molar-refractivity contribution is 7.90. The van der Waals surface area contributed by atoms with Crippen molar-refractivity contribution in [3.05, 3.63) is 29.3 Å². The summed E-state index contributed by atoms with van der Waals surface area (Å²) in [6.45, 7) is 1.40. The van der Waals surface area contributed by atoms with Crippen LogP contribution in [0.3, 0.4) is 0 Å². The molecule has 0 fully saturated rings. The molecule has 1 aromatic carbocycles. The molecule has 0 heterocycles. The van der Waals surface area contributed by atoms with Crippen molar-refractivity contribution in [1.82, 2.24) is 4.31 Å². The van der Waals surface area contributed by atoms with Crippen LogP contribution in [0.25, 0.3) is 0 Å². The second-order valence-corrected chi connectivity index (χ2v) is 6.18. The highest BCUT2D eigenvalue weighted by Gasteiger charge is 2.19. The Morgan fingerprint density at radius 3 is 2.38 bits per heavy atom. The van der Waals surface area contributed by atoms with E-state index >= 15 is 0 Å². The van der Waals surface area contributed by atoms with Crippen LogP contribution in [-0.2, 0) is 15.0 Å². The molecule has 0 bridgehead atoms. The van der Waals surface area contributed by atoms with Crippen LogP contribution in [0.4, 0.5) is 5.69 Å². The second kappa shape index (κ2) is 6.55. The van der Waals surface area contributed by atoms with Crippen LogP contribution >= 0.6 is 0 Å². The fourth-order valence-electron chi connectivity index (χ4n) is 1.50. The van der Waals surface area contributed by atoms with Crippen molar-refractivity contribution in [2.75, 3.05) is 18.3 Å². The van der Waals surface area contributed by atoms with E-state index in [4.69, 9.17) is 10.2 Å². The van der Waals surface area contributed by atoms with Crippen molar-refractivity contribution in [2.45, 2.75) is 13.3 Å². The molecule has 1 rings (SSSR count). The Bertz CT molecular complexity index is 656. The van der Waals surface area contributed by atoms with Crippen molar-refractivity contribution < 1.29 is 28.2 Å². The van der Waals surface area contributed by atoms with E-state index in [0.717, 1.165) is 4.31 Å². The minimum Gasteiger partial charge on any atom is -0.481 e. The van der Waals surface area contributed by atoms with Gasteiger partial charge in [-0.05, 0) is 30.7 Å². The lowest BCUT2D eigenvalue weighted by Crippen LogP contribution is -2.34. The number of carbonyl (C=O) groups is 2. The summed E-state index contributed by atoms with van der Waals surface area (Å²) in [4.78, 5) is 21.3. The first-order valence-corrected chi connectivity index (χ1v) is 7.37. The van der Waals surface area contributed by atoms with Gasteiger partial charge in [0.05, 0.1) is 17.7 Å². The Balaban J connectivity index is 2.89. The molecule has 3 N–H and O–H groups in total. The van der Waals surface area contributed by atoms with Crippen LogP contribution in [0.2, 0.25) is 0 Å². The SMILES string of the molecule is Cc1cc(C(=O)O)ccc1NS(=O)(=O)N(C)CCC(=O)O. The van der Waals surface area contributed by atoms with E-state index < -0.39 is 22.1 Å². The second-order valence-electron chi connectivity index (χ2n) is 4.41. The van der Waals surface area contributed by atoms with Gasteiger partial charge < -0.3 is 10.2 Å². The topological polar surface area (TPSA) is 124 Å². The fraction of sp³-hybridized carbons (Fsp3) is 0.333. The van der Waals surface area contributed by atoms with Crippen LogP contribution in [0.5, 0.6) is 0 Å². The van der Waals surface area contributed by atoms with Gasteiger partial charge in [-0.3, -0.25) is 9.52 Å². The van der Waals surface area contributed by atoms with E-state index in [1.807, 2.05) is 0 Å². The Kier molecular flexibility index (Phi) is 5.28.